The van der Waals surface area contributed by atoms with Crippen LogP contribution in [0.4, 0.5) is 5.82 Å². The number of imidazole rings is 1. The van der Waals surface area contributed by atoms with Gasteiger partial charge in [-0.05, 0) is 6.07 Å². The highest BCUT2D eigenvalue weighted by atomic mass is 31.3. The molecule has 10 atom stereocenters. The molecular weight excluding hydrogens is 717 g/mol. The Labute approximate surface area is 267 Å². The van der Waals surface area contributed by atoms with E-state index in [1.165, 1.54) is 18.3 Å². The molecule has 5 N–H and O–H groups in total. The summed E-state index contributed by atoms with van der Waals surface area (Å²) in [4.78, 5) is 70.2. The van der Waals surface area contributed by atoms with Crippen molar-refractivity contribution in [2.75, 3.05) is 18.9 Å². The zero-order valence-electron chi connectivity index (χ0n) is 23.6. The highest BCUT2D eigenvalue weighted by molar-refractivity contribution is 7.59. The van der Waals surface area contributed by atoms with Crippen molar-refractivity contribution in [3.8, 4) is 0 Å². The third kappa shape index (κ3) is 8.12. The Kier molecular flexibility index (Phi) is 10.5. The van der Waals surface area contributed by atoms with Crippen molar-refractivity contribution >= 4 is 46.4 Å². The first-order valence-electron chi connectivity index (χ1n) is 13.2. The van der Waals surface area contributed by atoms with Gasteiger partial charge in [-0.3, -0.25) is 13.7 Å². The van der Waals surface area contributed by atoms with E-state index < -0.39 is 91.7 Å². The molecule has 48 heavy (non-hydrogen) atoms. The van der Waals surface area contributed by atoms with E-state index >= 15 is 0 Å². The molecule has 0 saturated carbocycles. The first-order valence-corrected chi connectivity index (χ1v) is 17.6. The maximum atomic E-state index is 12.4. The topological polar surface area (TPSA) is 373 Å². The number of phosphoric ester groups is 3. The van der Waals surface area contributed by atoms with Crippen molar-refractivity contribution in [1.29, 1.82) is 0 Å². The summed E-state index contributed by atoms with van der Waals surface area (Å²) >= 11 is 0. The second-order valence-corrected chi connectivity index (χ2v) is 14.2. The third-order valence-electron chi connectivity index (χ3n) is 6.91. The Morgan fingerprint density at radius 2 is 1.62 bits per heavy atom. The molecule has 0 aliphatic carbocycles. The zero-order chi connectivity index (χ0) is 35.2. The van der Waals surface area contributed by atoms with Crippen LogP contribution in [0.25, 0.3) is 11.2 Å². The molecule has 264 valence electrons. The van der Waals surface area contributed by atoms with E-state index in [1.54, 1.807) is 0 Å². The fourth-order valence-electron chi connectivity index (χ4n) is 4.78. The molecule has 3 aromatic heterocycles. The van der Waals surface area contributed by atoms with Crippen LogP contribution in [-0.4, -0.2) is 90.6 Å². The van der Waals surface area contributed by atoms with E-state index in [0.717, 1.165) is 28.0 Å². The fourth-order valence-corrected chi connectivity index (χ4v) is 7.33. The van der Waals surface area contributed by atoms with Gasteiger partial charge >= 0.3 is 0 Å². The average Bonchev–Trinajstić information content (AvgIpc) is 3.64. The van der Waals surface area contributed by atoms with E-state index in [0.29, 0.717) is 0 Å². The molecule has 2 saturated heterocycles. The third-order valence-corrected chi connectivity index (χ3v) is 9.94. The van der Waals surface area contributed by atoms with Crippen molar-refractivity contribution in [2.24, 2.45) is 0 Å². The number of carbonyl (C=O) groups excluding carboxylic acids is 1. The molecule has 2 aliphatic rings. The summed E-state index contributed by atoms with van der Waals surface area (Å²) < 4.78 is 66.4. The maximum absolute atomic E-state index is 12.4. The van der Waals surface area contributed by atoms with Gasteiger partial charge in [0.05, 0.1) is 38.9 Å². The number of ether oxygens (including phenoxy) is 2. The van der Waals surface area contributed by atoms with Gasteiger partial charge in [0.15, 0.2) is 36.2 Å². The number of carboxylic acid groups (broad SMARTS) is 1. The number of nitrogens with two attached hydrogens (primary N) is 1. The van der Waals surface area contributed by atoms with Crippen LogP contribution in [0.2, 0.25) is 0 Å². The summed E-state index contributed by atoms with van der Waals surface area (Å²) in [6.45, 7) is -2.32. The van der Waals surface area contributed by atoms with Gasteiger partial charge in [-0.15, -0.1) is 0 Å². The number of anilines is 1. The number of hydrogen-bond donors (Lipinski definition) is 4. The molecule has 5 heterocycles. The number of pyridine rings is 1. The first kappa shape index (κ1) is 36.4. The lowest BCUT2D eigenvalue weighted by molar-refractivity contribution is -0.765. The number of aliphatic hydroxyl groups excluding tert-OH is 3. The second kappa shape index (κ2) is 13.8. The molecule has 0 aromatic carbocycles. The summed E-state index contributed by atoms with van der Waals surface area (Å²) in [6.07, 6.45) is -9.82. The number of carbonyl (C=O) groups is 1. The lowest BCUT2D eigenvalue weighted by Gasteiger charge is -2.34. The smallest absolute Gasteiger partial charge is 0.292 e. The summed E-state index contributed by atoms with van der Waals surface area (Å²) in [6, 6.07) is 2.44. The minimum Gasteiger partial charge on any atom is -0.790 e. The van der Waals surface area contributed by atoms with Crippen molar-refractivity contribution in [3.63, 3.8) is 0 Å². The largest absolute Gasteiger partial charge is 0.790 e. The van der Waals surface area contributed by atoms with Crippen molar-refractivity contribution in [3.05, 3.63) is 42.7 Å². The molecule has 5 rings (SSSR count). The molecule has 3 aromatic rings. The van der Waals surface area contributed by atoms with Crippen LogP contribution in [0, 0.1) is 0 Å². The van der Waals surface area contributed by atoms with E-state index in [2.05, 4.69) is 32.8 Å². The zero-order valence-corrected chi connectivity index (χ0v) is 26.3. The van der Waals surface area contributed by atoms with Crippen LogP contribution in [-0.2, 0) is 41.1 Å². The number of aliphatic hydroxyl groups is 3. The van der Waals surface area contributed by atoms with Gasteiger partial charge in [-0.25, -0.2) is 19.3 Å². The summed E-state index contributed by atoms with van der Waals surface area (Å²) in [7, 11) is -17.5. The molecule has 0 bridgehead atoms. The highest BCUT2D eigenvalue weighted by Crippen LogP contribution is 2.56. The van der Waals surface area contributed by atoms with Crippen molar-refractivity contribution in [1.82, 2.24) is 19.5 Å². The monoisotopic (exact) mass is 740 g/mol. The minimum atomic E-state index is -5.88. The van der Waals surface area contributed by atoms with E-state index in [4.69, 9.17) is 15.2 Å². The SMILES string of the molecule is Nc1ncnc2c1ncn2[C@@H]1O[C@H](COP(=O)([O-])OP(=O)([O-])OC[C@@H]2O[C@H]([n+]3cccc(C(=O)[O-])c3)C(O)C2O)C(O)[C@@H]1OP(=O)([O-])[O-]. The Morgan fingerprint density at radius 1 is 0.979 bits per heavy atom. The van der Waals surface area contributed by atoms with E-state index in [1.807, 2.05) is 0 Å². The number of nitrogen functional groups attached to an aromatic ring is 1. The quantitative estimate of drug-likeness (QED) is 0.0935. The van der Waals surface area contributed by atoms with Gasteiger partial charge in [0.2, 0.25) is 0 Å². The Morgan fingerprint density at radius 3 is 2.25 bits per heavy atom. The van der Waals surface area contributed by atoms with Crippen LogP contribution in [0.1, 0.15) is 22.8 Å². The molecule has 27 heteroatoms. The number of hydrogen-bond acceptors (Lipinski definition) is 22. The lowest BCUT2D eigenvalue weighted by Crippen LogP contribution is -2.46. The molecule has 5 unspecified atom stereocenters. The summed E-state index contributed by atoms with van der Waals surface area (Å²) in [5.41, 5.74) is 5.35. The summed E-state index contributed by atoms with van der Waals surface area (Å²) in [5, 5.41) is 42.4. The molecular formula is C21H23N6O18P3-4. The van der Waals surface area contributed by atoms with Crippen molar-refractivity contribution in [2.45, 2.75) is 49.1 Å². The van der Waals surface area contributed by atoms with E-state index in [9.17, 15) is 58.5 Å². The van der Waals surface area contributed by atoms with Gasteiger partial charge in [0.25, 0.3) is 21.9 Å². The molecule has 0 amide bonds. The number of aromatic carboxylic acids is 1. The van der Waals surface area contributed by atoms with Crippen molar-refractivity contribution < 1.29 is 90.4 Å². The molecule has 0 radical (unpaired) electrons. The molecule has 2 aliphatic heterocycles. The average molecular weight is 740 g/mol. The normalized spacial score (nSPS) is 30.3. The van der Waals surface area contributed by atoms with Crippen LogP contribution in [0.5, 0.6) is 0 Å². The highest BCUT2D eigenvalue weighted by Gasteiger charge is 2.49. The number of rotatable bonds is 13. The lowest BCUT2D eigenvalue weighted by atomic mass is 10.1. The standard InChI is InChI=1S/C21H27N6O18P3/c22-17-12-18(24-7-23-17)27(8-25-12)20-16(44-46(33,34)35)14(29)11(43-20)6-41-48(38,39)45-47(36,37)40-5-10-13(28)15(30)19(42-10)26-3-1-2-9(4-26)21(31)32/h1-4,7-8,10-11,13-16,19-20,28-30H,5-6H2,(H6-,22,23,24,31,32,33,34,35,36,37,38,39)/p-4/t10-,11+,13?,14?,15?,16-,19-,20+/m0/s1. The van der Waals surface area contributed by atoms with Crippen LogP contribution in [0.15, 0.2) is 37.2 Å². The van der Waals surface area contributed by atoms with Gasteiger partial charge in [-0.1, -0.05) is 0 Å². The second-order valence-electron chi connectivity index (χ2n) is 10.1. The minimum absolute atomic E-state index is 0.00868. The van der Waals surface area contributed by atoms with Crippen LogP contribution < -0.4 is 35.0 Å². The molecule has 24 nitrogen and oxygen atoms in total. The number of carboxylic acids is 1. The predicted octanol–water partition coefficient (Wildman–Crippen LogP) is -6.16. The first-order chi connectivity index (χ1) is 22.4. The molecule has 0 spiro atoms. The predicted molar refractivity (Wildman–Crippen MR) is 137 cm³/mol. The Bertz CT molecular complexity index is 1810. The van der Waals surface area contributed by atoms with Gasteiger partial charge < -0.3 is 78.1 Å². The van der Waals surface area contributed by atoms with E-state index in [-0.39, 0.29) is 22.5 Å². The number of phosphoric acid groups is 3. The van der Waals surface area contributed by atoms with Crippen LogP contribution >= 0.6 is 23.5 Å². The van der Waals surface area contributed by atoms with Crippen LogP contribution in [0.3, 0.4) is 0 Å². The van der Waals surface area contributed by atoms with Gasteiger partial charge in [0, 0.05) is 6.07 Å². The van der Waals surface area contributed by atoms with Gasteiger partial charge in [0.1, 0.15) is 42.4 Å². The molecule has 2 fully saturated rings. The maximum Gasteiger partial charge on any atom is 0.292 e. The Hall–Kier alpha value is -2.86. The number of nitrogens with zero attached hydrogens (tertiary/aromatic N) is 5. The summed E-state index contributed by atoms with van der Waals surface area (Å²) in [5.74, 6) is -1.66. The number of fused-ring (bicyclic) bond motifs is 1. The number of aromatic nitrogens is 5. The fraction of sp³-hybridized carbons (Fsp3) is 0.476. The Balaban J connectivity index is 1.21. The van der Waals surface area contributed by atoms with Gasteiger partial charge in [-0.2, -0.15) is 4.57 Å².